The summed E-state index contributed by atoms with van der Waals surface area (Å²) in [7, 11) is 5.47. The summed E-state index contributed by atoms with van der Waals surface area (Å²) in [6.07, 6.45) is -0.510. The highest BCUT2D eigenvalue weighted by atomic mass is 32.1. The van der Waals surface area contributed by atoms with Crippen molar-refractivity contribution in [2.75, 3.05) is 14.1 Å². The SMILES string of the molecule is CN(C)C1(Cc2ccccc2)CCC(NC(=O)Oc2ccc(-c3cc(C(F)(F)F)n(C)n3)s2)CC1. The molecule has 1 aromatic carbocycles. The standard InChI is InChI=1S/C25H29F3N4O2S/c1-31(2)24(16-17-7-5-4-6-8-17)13-11-18(12-14-24)29-23(33)34-22-10-9-20(35-22)19-15-21(25(26,27)28)32(3)30-19/h4-10,15,18H,11-14,16H2,1-3H3,(H,29,33). The van der Waals surface area contributed by atoms with Gasteiger partial charge in [0.2, 0.25) is 0 Å². The van der Waals surface area contributed by atoms with Gasteiger partial charge in [-0.15, -0.1) is 0 Å². The lowest BCUT2D eigenvalue weighted by Gasteiger charge is -2.45. The Balaban J connectivity index is 1.33. The Morgan fingerprint density at radius 3 is 2.49 bits per heavy atom. The first-order valence-electron chi connectivity index (χ1n) is 11.5. The number of ether oxygens (including phenoxy) is 1. The van der Waals surface area contributed by atoms with E-state index in [4.69, 9.17) is 4.74 Å². The molecule has 35 heavy (non-hydrogen) atoms. The zero-order chi connectivity index (χ0) is 25.2. The molecule has 1 amide bonds. The minimum atomic E-state index is -4.48. The molecular weight excluding hydrogens is 477 g/mol. The lowest BCUT2D eigenvalue weighted by Crippen LogP contribution is -2.52. The van der Waals surface area contributed by atoms with Gasteiger partial charge in [-0.2, -0.15) is 18.3 Å². The third-order valence-electron chi connectivity index (χ3n) is 6.76. The second-order valence-corrected chi connectivity index (χ2v) is 10.3. The Labute approximate surface area is 206 Å². The smallest absolute Gasteiger partial charge is 0.399 e. The largest absolute Gasteiger partial charge is 0.433 e. The quantitative estimate of drug-likeness (QED) is 0.463. The maximum absolute atomic E-state index is 13.0. The summed E-state index contributed by atoms with van der Waals surface area (Å²) in [5, 5.41) is 7.19. The van der Waals surface area contributed by atoms with E-state index in [0.717, 1.165) is 54.2 Å². The summed E-state index contributed by atoms with van der Waals surface area (Å²) >= 11 is 1.08. The van der Waals surface area contributed by atoms with Gasteiger partial charge in [-0.1, -0.05) is 41.7 Å². The molecule has 0 bridgehead atoms. The number of carbonyl (C=O) groups excluding carboxylic acids is 1. The van der Waals surface area contributed by atoms with Crippen molar-refractivity contribution in [3.05, 3.63) is 59.8 Å². The zero-order valence-electron chi connectivity index (χ0n) is 19.9. The van der Waals surface area contributed by atoms with Crippen LogP contribution in [0.3, 0.4) is 0 Å². The van der Waals surface area contributed by atoms with E-state index in [1.54, 1.807) is 12.1 Å². The van der Waals surface area contributed by atoms with Gasteiger partial charge in [-0.3, -0.25) is 4.68 Å². The molecule has 1 fully saturated rings. The van der Waals surface area contributed by atoms with Crippen LogP contribution >= 0.6 is 11.3 Å². The molecule has 1 N–H and O–H groups in total. The van der Waals surface area contributed by atoms with E-state index >= 15 is 0 Å². The fourth-order valence-corrected chi connectivity index (χ4v) is 5.52. The molecule has 1 aliphatic carbocycles. The number of hydrogen-bond acceptors (Lipinski definition) is 5. The predicted molar refractivity (Wildman–Crippen MR) is 130 cm³/mol. The molecule has 0 aliphatic heterocycles. The highest BCUT2D eigenvalue weighted by Crippen LogP contribution is 2.37. The van der Waals surface area contributed by atoms with E-state index in [1.807, 2.05) is 6.07 Å². The van der Waals surface area contributed by atoms with Crippen LogP contribution in [0.2, 0.25) is 0 Å². The minimum Gasteiger partial charge on any atom is -0.399 e. The topological polar surface area (TPSA) is 59.4 Å². The fourth-order valence-electron chi connectivity index (χ4n) is 4.71. The maximum Gasteiger partial charge on any atom is 0.433 e. The number of halogens is 3. The van der Waals surface area contributed by atoms with Crippen LogP contribution in [0.5, 0.6) is 5.06 Å². The number of hydrogen-bond donors (Lipinski definition) is 1. The van der Waals surface area contributed by atoms with Crippen LogP contribution in [0.4, 0.5) is 18.0 Å². The number of nitrogens with zero attached hydrogens (tertiary/aromatic N) is 3. The van der Waals surface area contributed by atoms with Crippen molar-refractivity contribution in [2.45, 2.75) is 49.9 Å². The maximum atomic E-state index is 13.0. The molecular formula is C25H29F3N4O2S. The highest BCUT2D eigenvalue weighted by molar-refractivity contribution is 7.17. The van der Waals surface area contributed by atoms with Crippen molar-refractivity contribution in [1.82, 2.24) is 20.0 Å². The number of amides is 1. The van der Waals surface area contributed by atoms with Crippen molar-refractivity contribution in [1.29, 1.82) is 0 Å². The summed E-state index contributed by atoms with van der Waals surface area (Å²) in [6, 6.07) is 14.6. The molecule has 4 rings (SSSR count). The number of aryl methyl sites for hydroxylation is 1. The molecule has 188 valence electrons. The first-order valence-corrected chi connectivity index (χ1v) is 12.3. The molecule has 0 atom stereocenters. The molecule has 1 aliphatic rings. The van der Waals surface area contributed by atoms with E-state index in [9.17, 15) is 18.0 Å². The van der Waals surface area contributed by atoms with E-state index in [0.29, 0.717) is 9.94 Å². The molecule has 3 aromatic rings. The van der Waals surface area contributed by atoms with Crippen LogP contribution in [0.1, 0.15) is 36.9 Å². The number of aromatic nitrogens is 2. The Kier molecular flexibility index (Phi) is 7.23. The Morgan fingerprint density at radius 2 is 1.89 bits per heavy atom. The third-order valence-corrected chi connectivity index (χ3v) is 7.75. The Bertz CT molecular complexity index is 1150. The first-order chi connectivity index (χ1) is 16.6. The minimum absolute atomic E-state index is 0.0101. The van der Waals surface area contributed by atoms with Crippen LogP contribution in [0.15, 0.2) is 48.5 Å². The molecule has 2 heterocycles. The predicted octanol–water partition coefficient (Wildman–Crippen LogP) is 5.74. The molecule has 6 nitrogen and oxygen atoms in total. The van der Waals surface area contributed by atoms with Crippen LogP contribution in [0, 0.1) is 0 Å². The highest BCUT2D eigenvalue weighted by Gasteiger charge is 2.38. The Hall–Kier alpha value is -2.85. The normalized spacial score (nSPS) is 20.7. The number of thiophene rings is 1. The average Bonchev–Trinajstić information content (AvgIpc) is 3.42. The third kappa shape index (κ3) is 5.87. The van der Waals surface area contributed by atoms with Crippen LogP contribution in [0.25, 0.3) is 10.6 Å². The number of alkyl halides is 3. The van der Waals surface area contributed by atoms with Gasteiger partial charge in [0.15, 0.2) is 5.06 Å². The van der Waals surface area contributed by atoms with Crippen LogP contribution in [-0.2, 0) is 19.6 Å². The van der Waals surface area contributed by atoms with Gasteiger partial charge in [0.1, 0.15) is 11.4 Å². The number of nitrogens with one attached hydrogen (secondary N) is 1. The summed E-state index contributed by atoms with van der Waals surface area (Å²) in [4.78, 5) is 15.3. The van der Waals surface area contributed by atoms with E-state index in [1.165, 1.54) is 12.6 Å². The summed E-state index contributed by atoms with van der Waals surface area (Å²) in [5.41, 5.74) is 0.699. The van der Waals surface area contributed by atoms with Crippen molar-refractivity contribution in [3.63, 3.8) is 0 Å². The number of rotatable bonds is 6. The summed E-state index contributed by atoms with van der Waals surface area (Å²) in [5.74, 6) is 0. The van der Waals surface area contributed by atoms with Gasteiger partial charge in [-0.05, 0) is 70.0 Å². The second-order valence-electron chi connectivity index (χ2n) is 9.24. The van der Waals surface area contributed by atoms with Gasteiger partial charge in [0.05, 0.1) is 4.88 Å². The molecule has 2 aromatic heterocycles. The molecule has 0 radical (unpaired) electrons. The number of likely N-dealkylation sites (N-methyl/N-ethyl adjacent to an activating group) is 1. The summed E-state index contributed by atoms with van der Waals surface area (Å²) in [6.45, 7) is 0. The van der Waals surface area contributed by atoms with Gasteiger partial charge in [-0.25, -0.2) is 4.79 Å². The fraction of sp³-hybridized carbons (Fsp3) is 0.440. The first kappa shape index (κ1) is 25.2. The van der Waals surface area contributed by atoms with Crippen molar-refractivity contribution in [2.24, 2.45) is 7.05 Å². The van der Waals surface area contributed by atoms with Crippen molar-refractivity contribution >= 4 is 17.4 Å². The van der Waals surface area contributed by atoms with Crippen LogP contribution in [-0.4, -0.2) is 46.4 Å². The molecule has 1 saturated carbocycles. The Morgan fingerprint density at radius 1 is 1.20 bits per heavy atom. The monoisotopic (exact) mass is 506 g/mol. The average molecular weight is 507 g/mol. The zero-order valence-corrected chi connectivity index (χ0v) is 20.7. The van der Waals surface area contributed by atoms with E-state index in [2.05, 4.69) is 53.7 Å². The van der Waals surface area contributed by atoms with Gasteiger partial charge in [0.25, 0.3) is 0 Å². The molecule has 10 heteroatoms. The lowest BCUT2D eigenvalue weighted by molar-refractivity contribution is -0.143. The van der Waals surface area contributed by atoms with E-state index in [-0.39, 0.29) is 17.3 Å². The number of carbonyl (C=O) groups is 1. The second kappa shape index (κ2) is 10.0. The lowest BCUT2D eigenvalue weighted by atomic mass is 9.75. The van der Waals surface area contributed by atoms with Gasteiger partial charge < -0.3 is 15.0 Å². The summed E-state index contributed by atoms with van der Waals surface area (Å²) < 4.78 is 45.3. The van der Waals surface area contributed by atoms with Crippen LogP contribution < -0.4 is 10.1 Å². The van der Waals surface area contributed by atoms with Gasteiger partial charge >= 0.3 is 12.3 Å². The van der Waals surface area contributed by atoms with Crippen molar-refractivity contribution < 1.29 is 22.7 Å². The molecule has 0 saturated heterocycles. The molecule has 0 unspecified atom stereocenters. The van der Waals surface area contributed by atoms with E-state index < -0.39 is 18.0 Å². The number of benzene rings is 1. The van der Waals surface area contributed by atoms with Gasteiger partial charge in [0, 0.05) is 18.6 Å². The van der Waals surface area contributed by atoms with Crippen molar-refractivity contribution in [3.8, 4) is 15.6 Å². The molecule has 0 spiro atoms.